The molecule has 1 aromatic carbocycles. The van der Waals surface area contributed by atoms with Crippen molar-refractivity contribution in [2.75, 3.05) is 26.2 Å². The van der Waals surface area contributed by atoms with Gasteiger partial charge in [-0.05, 0) is 31.2 Å². The number of nitrogens with zero attached hydrogens (tertiary/aromatic N) is 1. The lowest BCUT2D eigenvalue weighted by Gasteiger charge is -2.35. The third-order valence-corrected chi connectivity index (χ3v) is 5.58. The molecule has 0 spiro atoms. The topological polar surface area (TPSA) is 44.4 Å². The molecule has 1 aliphatic carbocycles. The molecule has 1 saturated carbocycles. The predicted molar refractivity (Wildman–Crippen MR) is 97.8 cm³/mol. The van der Waals surface area contributed by atoms with Crippen LogP contribution in [0.5, 0.6) is 0 Å². The molecule has 1 saturated heterocycles. The van der Waals surface area contributed by atoms with Gasteiger partial charge in [-0.15, -0.1) is 0 Å². The van der Waals surface area contributed by atoms with Gasteiger partial charge in [-0.25, -0.2) is 0 Å². The Morgan fingerprint density at radius 3 is 2.71 bits per heavy atom. The highest BCUT2D eigenvalue weighted by Gasteiger charge is 2.28. The molecular formula is C20H31N3O. The van der Waals surface area contributed by atoms with Crippen molar-refractivity contribution in [3.8, 4) is 0 Å². The fourth-order valence-electron chi connectivity index (χ4n) is 4.12. The highest BCUT2D eigenvalue weighted by molar-refractivity contribution is 5.78. The average molecular weight is 329 g/mol. The number of piperazine rings is 1. The van der Waals surface area contributed by atoms with E-state index in [4.69, 9.17) is 0 Å². The molecule has 2 aliphatic rings. The number of carbonyl (C=O) groups is 1. The van der Waals surface area contributed by atoms with Crippen molar-refractivity contribution in [2.24, 2.45) is 5.92 Å². The van der Waals surface area contributed by atoms with Gasteiger partial charge in [0.05, 0.1) is 12.6 Å². The Morgan fingerprint density at radius 1 is 1.25 bits per heavy atom. The van der Waals surface area contributed by atoms with Gasteiger partial charge in [-0.2, -0.15) is 0 Å². The molecule has 4 heteroatoms. The summed E-state index contributed by atoms with van der Waals surface area (Å²) >= 11 is 0. The SMILES string of the molecule is C[C@H]1CNCCN1CC(=O)NC(c1ccccc1)C1CCCCC1. The Labute approximate surface area is 146 Å². The number of hydrogen-bond donors (Lipinski definition) is 2. The van der Waals surface area contributed by atoms with E-state index >= 15 is 0 Å². The van der Waals surface area contributed by atoms with Crippen LogP contribution in [0.2, 0.25) is 0 Å². The summed E-state index contributed by atoms with van der Waals surface area (Å²) in [6.07, 6.45) is 6.37. The minimum Gasteiger partial charge on any atom is -0.348 e. The van der Waals surface area contributed by atoms with Crippen LogP contribution in [-0.2, 0) is 4.79 Å². The first-order chi connectivity index (χ1) is 11.7. The van der Waals surface area contributed by atoms with E-state index in [1.807, 2.05) is 6.07 Å². The number of amides is 1. The molecule has 1 unspecified atom stereocenters. The monoisotopic (exact) mass is 329 g/mol. The Hall–Kier alpha value is -1.39. The van der Waals surface area contributed by atoms with Crippen molar-refractivity contribution in [3.63, 3.8) is 0 Å². The lowest BCUT2D eigenvalue weighted by atomic mass is 9.81. The molecule has 132 valence electrons. The van der Waals surface area contributed by atoms with Crippen LogP contribution in [0.15, 0.2) is 30.3 Å². The van der Waals surface area contributed by atoms with Gasteiger partial charge in [0.1, 0.15) is 0 Å². The number of hydrogen-bond acceptors (Lipinski definition) is 3. The van der Waals surface area contributed by atoms with Crippen LogP contribution in [0.4, 0.5) is 0 Å². The average Bonchev–Trinajstić information content (AvgIpc) is 2.63. The maximum absolute atomic E-state index is 12.7. The summed E-state index contributed by atoms with van der Waals surface area (Å²) in [4.78, 5) is 15.0. The summed E-state index contributed by atoms with van der Waals surface area (Å²) in [7, 11) is 0. The van der Waals surface area contributed by atoms with Crippen molar-refractivity contribution < 1.29 is 4.79 Å². The van der Waals surface area contributed by atoms with Gasteiger partial charge in [0.2, 0.25) is 5.91 Å². The minimum atomic E-state index is 0.164. The fraction of sp³-hybridized carbons (Fsp3) is 0.650. The minimum absolute atomic E-state index is 0.164. The van der Waals surface area contributed by atoms with Gasteiger partial charge in [-0.3, -0.25) is 9.69 Å². The number of benzene rings is 1. The first-order valence-corrected chi connectivity index (χ1v) is 9.53. The molecule has 24 heavy (non-hydrogen) atoms. The molecule has 2 N–H and O–H groups in total. The Balaban J connectivity index is 1.65. The second kappa shape index (κ2) is 8.63. The van der Waals surface area contributed by atoms with E-state index in [9.17, 15) is 4.79 Å². The largest absolute Gasteiger partial charge is 0.348 e. The molecule has 4 nitrogen and oxygen atoms in total. The van der Waals surface area contributed by atoms with Gasteiger partial charge in [0.25, 0.3) is 0 Å². The van der Waals surface area contributed by atoms with Crippen LogP contribution in [-0.4, -0.2) is 43.0 Å². The number of nitrogens with one attached hydrogen (secondary N) is 2. The van der Waals surface area contributed by atoms with Gasteiger partial charge in [0, 0.05) is 25.7 Å². The van der Waals surface area contributed by atoms with E-state index in [0.29, 0.717) is 18.5 Å². The molecule has 1 aromatic rings. The summed E-state index contributed by atoms with van der Waals surface area (Å²) in [6.45, 7) is 5.60. The first kappa shape index (κ1) is 17.4. The molecular weight excluding hydrogens is 298 g/mol. The standard InChI is InChI=1S/C20H31N3O/c1-16-14-21-12-13-23(16)15-19(24)22-20(17-8-4-2-5-9-17)18-10-6-3-7-11-18/h2,4-5,8-9,16,18,20-21H,3,6-7,10-15H2,1H3,(H,22,24)/t16-,20?/m0/s1. The first-order valence-electron chi connectivity index (χ1n) is 9.53. The lowest BCUT2D eigenvalue weighted by molar-refractivity contribution is -0.124. The van der Waals surface area contributed by atoms with Crippen LogP contribution in [0.3, 0.4) is 0 Å². The molecule has 3 rings (SSSR count). The molecule has 0 aromatic heterocycles. The maximum atomic E-state index is 12.7. The molecule has 0 bridgehead atoms. The normalized spacial score (nSPS) is 24.5. The highest BCUT2D eigenvalue weighted by atomic mass is 16.2. The van der Waals surface area contributed by atoms with Crippen molar-refractivity contribution >= 4 is 5.91 Å². The van der Waals surface area contributed by atoms with E-state index < -0.39 is 0 Å². The zero-order valence-corrected chi connectivity index (χ0v) is 14.8. The highest BCUT2D eigenvalue weighted by Crippen LogP contribution is 2.34. The summed E-state index contributed by atoms with van der Waals surface area (Å²) in [5.41, 5.74) is 1.26. The van der Waals surface area contributed by atoms with Crippen LogP contribution < -0.4 is 10.6 Å². The summed E-state index contributed by atoms with van der Waals surface area (Å²) in [6, 6.07) is 11.1. The third kappa shape index (κ3) is 4.58. The van der Waals surface area contributed by atoms with E-state index in [-0.39, 0.29) is 11.9 Å². The second-order valence-corrected chi connectivity index (χ2v) is 7.38. The summed E-state index contributed by atoms with van der Waals surface area (Å²) in [5.74, 6) is 0.744. The van der Waals surface area contributed by atoms with Crippen LogP contribution in [0, 0.1) is 5.92 Å². The lowest BCUT2D eigenvalue weighted by Crippen LogP contribution is -2.53. The molecule has 1 amide bonds. The molecule has 1 aliphatic heterocycles. The van der Waals surface area contributed by atoms with E-state index in [0.717, 1.165) is 19.6 Å². The van der Waals surface area contributed by atoms with E-state index in [1.54, 1.807) is 0 Å². The molecule has 2 atom stereocenters. The molecule has 2 fully saturated rings. The Kier molecular flexibility index (Phi) is 6.27. The number of rotatable bonds is 5. The molecule has 0 radical (unpaired) electrons. The van der Waals surface area contributed by atoms with Gasteiger partial charge < -0.3 is 10.6 Å². The van der Waals surface area contributed by atoms with Gasteiger partial charge in [0.15, 0.2) is 0 Å². The number of carbonyl (C=O) groups excluding carboxylic acids is 1. The Morgan fingerprint density at radius 2 is 2.00 bits per heavy atom. The fourth-order valence-corrected chi connectivity index (χ4v) is 4.12. The third-order valence-electron chi connectivity index (χ3n) is 5.58. The predicted octanol–water partition coefficient (Wildman–Crippen LogP) is 2.72. The summed E-state index contributed by atoms with van der Waals surface area (Å²) in [5, 5.41) is 6.75. The van der Waals surface area contributed by atoms with Crippen LogP contribution >= 0.6 is 0 Å². The zero-order chi connectivity index (χ0) is 16.8. The summed E-state index contributed by atoms with van der Waals surface area (Å²) < 4.78 is 0. The van der Waals surface area contributed by atoms with Crippen molar-refractivity contribution in [1.29, 1.82) is 0 Å². The van der Waals surface area contributed by atoms with Crippen molar-refractivity contribution in [2.45, 2.75) is 51.1 Å². The smallest absolute Gasteiger partial charge is 0.234 e. The molecule has 1 heterocycles. The van der Waals surface area contributed by atoms with Gasteiger partial charge >= 0.3 is 0 Å². The maximum Gasteiger partial charge on any atom is 0.234 e. The zero-order valence-electron chi connectivity index (χ0n) is 14.8. The second-order valence-electron chi connectivity index (χ2n) is 7.38. The van der Waals surface area contributed by atoms with Crippen LogP contribution in [0.25, 0.3) is 0 Å². The van der Waals surface area contributed by atoms with E-state index in [1.165, 1.54) is 37.7 Å². The van der Waals surface area contributed by atoms with E-state index in [2.05, 4.69) is 46.7 Å². The van der Waals surface area contributed by atoms with Crippen molar-refractivity contribution in [1.82, 2.24) is 15.5 Å². The van der Waals surface area contributed by atoms with Crippen molar-refractivity contribution in [3.05, 3.63) is 35.9 Å². The quantitative estimate of drug-likeness (QED) is 0.873. The van der Waals surface area contributed by atoms with Gasteiger partial charge in [-0.1, -0.05) is 49.6 Å². The van der Waals surface area contributed by atoms with Crippen LogP contribution in [0.1, 0.15) is 50.6 Å². The Bertz CT molecular complexity index is 513.